The third-order valence-electron chi connectivity index (χ3n) is 3.08. The molecule has 2 aromatic heterocycles. The zero-order valence-electron chi connectivity index (χ0n) is 9.33. The van der Waals surface area contributed by atoms with Crippen LogP contribution in [0.1, 0.15) is 12.8 Å². The zero-order valence-corrected chi connectivity index (χ0v) is 10.9. The largest absolute Gasteiger partial charge is 0.367 e. The number of thioether (sulfide) groups is 1. The van der Waals surface area contributed by atoms with Crippen molar-refractivity contribution in [3.8, 4) is 0 Å². The summed E-state index contributed by atoms with van der Waals surface area (Å²) < 4.78 is 0.379. The molecule has 1 aliphatic carbocycles. The van der Waals surface area contributed by atoms with Gasteiger partial charge in [0.05, 0.1) is 6.33 Å². The molecule has 2 heterocycles. The van der Waals surface area contributed by atoms with Crippen LogP contribution in [0.3, 0.4) is 0 Å². The van der Waals surface area contributed by atoms with Gasteiger partial charge < -0.3 is 10.3 Å². The van der Waals surface area contributed by atoms with Gasteiger partial charge in [0.15, 0.2) is 11.5 Å². The fourth-order valence-corrected chi connectivity index (χ4v) is 2.66. The maximum Gasteiger partial charge on any atom is 0.226 e. The van der Waals surface area contributed by atoms with E-state index in [2.05, 4.69) is 31.5 Å². The highest BCUT2D eigenvalue weighted by molar-refractivity contribution is 8.00. The van der Waals surface area contributed by atoms with E-state index in [1.54, 1.807) is 6.33 Å². The molecule has 0 spiro atoms. The van der Waals surface area contributed by atoms with Crippen molar-refractivity contribution in [1.29, 1.82) is 0 Å². The van der Waals surface area contributed by atoms with Crippen molar-refractivity contribution in [2.75, 3.05) is 18.1 Å². The van der Waals surface area contributed by atoms with Crippen LogP contribution in [0.2, 0.25) is 5.28 Å². The highest BCUT2D eigenvalue weighted by Gasteiger charge is 2.41. The van der Waals surface area contributed by atoms with Gasteiger partial charge in [-0.3, -0.25) is 0 Å². The Morgan fingerprint density at radius 2 is 2.35 bits per heavy atom. The fraction of sp³-hybridized carbons (Fsp3) is 0.500. The molecule has 2 N–H and O–H groups in total. The molecule has 1 saturated carbocycles. The molecule has 0 bridgehead atoms. The van der Waals surface area contributed by atoms with Crippen LogP contribution in [0.15, 0.2) is 6.33 Å². The standard InChI is InChI=1S/C10H12ClN5S/c1-17-10(2-3-10)4-12-7-6-8(14-5-13-6)16-9(11)15-7/h5H,2-4H2,1H3,(H2,12,13,14,15,16). The van der Waals surface area contributed by atoms with E-state index in [1.807, 2.05) is 11.8 Å². The number of aromatic amines is 1. The van der Waals surface area contributed by atoms with Crippen molar-refractivity contribution in [3.63, 3.8) is 0 Å². The smallest absolute Gasteiger partial charge is 0.226 e. The van der Waals surface area contributed by atoms with E-state index in [-0.39, 0.29) is 5.28 Å². The van der Waals surface area contributed by atoms with E-state index in [4.69, 9.17) is 11.6 Å². The summed E-state index contributed by atoms with van der Waals surface area (Å²) in [4.78, 5) is 15.4. The van der Waals surface area contributed by atoms with E-state index in [0.717, 1.165) is 17.9 Å². The molecule has 90 valence electrons. The van der Waals surface area contributed by atoms with Gasteiger partial charge in [-0.25, -0.2) is 4.98 Å². The summed E-state index contributed by atoms with van der Waals surface area (Å²) in [6.45, 7) is 0.898. The molecule has 5 nitrogen and oxygen atoms in total. The second-order valence-electron chi connectivity index (χ2n) is 4.18. The summed E-state index contributed by atoms with van der Waals surface area (Å²) in [5, 5.41) is 3.56. The van der Waals surface area contributed by atoms with Gasteiger partial charge in [-0.2, -0.15) is 21.7 Å². The number of H-pyrrole nitrogens is 1. The Morgan fingerprint density at radius 1 is 1.53 bits per heavy atom. The molecule has 0 aliphatic heterocycles. The molecule has 1 aliphatic rings. The van der Waals surface area contributed by atoms with Crippen molar-refractivity contribution in [1.82, 2.24) is 19.9 Å². The molecule has 3 rings (SSSR count). The maximum absolute atomic E-state index is 5.86. The maximum atomic E-state index is 5.86. The summed E-state index contributed by atoms with van der Waals surface area (Å²) in [5.41, 5.74) is 1.41. The molecule has 0 aromatic carbocycles. The van der Waals surface area contributed by atoms with Gasteiger partial charge in [0.2, 0.25) is 5.28 Å². The highest BCUT2D eigenvalue weighted by atomic mass is 35.5. The first-order chi connectivity index (χ1) is 8.22. The lowest BCUT2D eigenvalue weighted by atomic mass is 10.4. The highest BCUT2D eigenvalue weighted by Crippen LogP contribution is 2.47. The Morgan fingerprint density at radius 3 is 3.06 bits per heavy atom. The van der Waals surface area contributed by atoms with Crippen molar-refractivity contribution in [2.24, 2.45) is 0 Å². The lowest BCUT2D eigenvalue weighted by molar-refractivity contribution is 0.940. The van der Waals surface area contributed by atoms with E-state index >= 15 is 0 Å². The normalized spacial score (nSPS) is 17.3. The van der Waals surface area contributed by atoms with E-state index < -0.39 is 0 Å². The molecule has 0 radical (unpaired) electrons. The van der Waals surface area contributed by atoms with Crippen molar-refractivity contribution in [2.45, 2.75) is 17.6 Å². The minimum atomic E-state index is 0.223. The van der Waals surface area contributed by atoms with Gasteiger partial charge in [-0.05, 0) is 30.7 Å². The molecule has 0 unspecified atom stereocenters. The molecule has 1 fully saturated rings. The fourth-order valence-electron chi connectivity index (χ4n) is 1.77. The van der Waals surface area contributed by atoms with Gasteiger partial charge in [0.1, 0.15) is 5.52 Å². The quantitative estimate of drug-likeness (QED) is 0.834. The topological polar surface area (TPSA) is 66.5 Å². The van der Waals surface area contributed by atoms with Crippen LogP contribution in [0, 0.1) is 0 Å². The Balaban J connectivity index is 1.86. The SMILES string of the molecule is CSC1(CNc2nc(Cl)nc3nc[nH]c23)CC1. The summed E-state index contributed by atoms with van der Waals surface area (Å²) in [6.07, 6.45) is 6.26. The Kier molecular flexibility index (Phi) is 2.63. The number of nitrogens with one attached hydrogen (secondary N) is 2. The van der Waals surface area contributed by atoms with Gasteiger partial charge >= 0.3 is 0 Å². The zero-order chi connectivity index (χ0) is 11.9. The molecule has 2 aromatic rings. The third-order valence-corrected chi connectivity index (χ3v) is 4.66. The van der Waals surface area contributed by atoms with Crippen LogP contribution in [-0.4, -0.2) is 37.5 Å². The van der Waals surface area contributed by atoms with Crippen molar-refractivity contribution >= 4 is 40.3 Å². The lowest BCUT2D eigenvalue weighted by Crippen LogP contribution is -2.18. The average molecular weight is 270 g/mol. The summed E-state index contributed by atoms with van der Waals surface area (Å²) in [7, 11) is 0. The first-order valence-electron chi connectivity index (χ1n) is 5.38. The number of halogens is 1. The van der Waals surface area contributed by atoms with Crippen LogP contribution in [0.5, 0.6) is 0 Å². The molecule has 7 heteroatoms. The molecule has 0 amide bonds. The predicted octanol–water partition coefficient (Wildman–Crippen LogP) is 2.31. The van der Waals surface area contributed by atoms with E-state index in [1.165, 1.54) is 12.8 Å². The van der Waals surface area contributed by atoms with Crippen LogP contribution in [0.4, 0.5) is 5.82 Å². The number of hydrogen-bond acceptors (Lipinski definition) is 5. The van der Waals surface area contributed by atoms with E-state index in [9.17, 15) is 0 Å². The first-order valence-corrected chi connectivity index (χ1v) is 6.98. The Bertz CT molecular complexity index is 551. The molecular formula is C10H12ClN5S. The number of fused-ring (bicyclic) bond motifs is 1. The van der Waals surface area contributed by atoms with Crippen molar-refractivity contribution in [3.05, 3.63) is 11.6 Å². The lowest BCUT2D eigenvalue weighted by Gasteiger charge is -2.13. The van der Waals surface area contributed by atoms with Crippen LogP contribution >= 0.6 is 23.4 Å². The molecule has 0 saturated heterocycles. The van der Waals surface area contributed by atoms with Crippen LogP contribution in [0.25, 0.3) is 11.2 Å². The summed E-state index contributed by atoms with van der Waals surface area (Å²) >= 11 is 7.76. The van der Waals surface area contributed by atoms with E-state index in [0.29, 0.717) is 10.4 Å². The minimum Gasteiger partial charge on any atom is -0.367 e. The van der Waals surface area contributed by atoms with Crippen molar-refractivity contribution < 1.29 is 0 Å². The number of rotatable bonds is 4. The Labute approximate surface area is 108 Å². The number of anilines is 1. The average Bonchev–Trinajstić information content (AvgIpc) is 2.96. The second kappa shape index (κ2) is 4.03. The van der Waals surface area contributed by atoms with Gasteiger partial charge in [-0.1, -0.05) is 0 Å². The monoisotopic (exact) mass is 269 g/mol. The third kappa shape index (κ3) is 2.07. The number of hydrogen-bond donors (Lipinski definition) is 2. The van der Waals surface area contributed by atoms with Gasteiger partial charge in [0, 0.05) is 11.3 Å². The number of nitrogens with zero attached hydrogens (tertiary/aromatic N) is 3. The second-order valence-corrected chi connectivity index (χ2v) is 5.80. The molecular weight excluding hydrogens is 258 g/mol. The summed E-state index contributed by atoms with van der Waals surface area (Å²) in [6, 6.07) is 0. The van der Waals surface area contributed by atoms with Crippen LogP contribution in [-0.2, 0) is 0 Å². The Hall–Kier alpha value is -1.01. The minimum absolute atomic E-state index is 0.223. The molecule has 17 heavy (non-hydrogen) atoms. The first kappa shape index (κ1) is 11.1. The summed E-state index contributed by atoms with van der Waals surface area (Å²) in [5.74, 6) is 0.734. The molecule has 0 atom stereocenters. The van der Waals surface area contributed by atoms with Gasteiger partial charge in [-0.15, -0.1) is 0 Å². The number of aromatic nitrogens is 4. The van der Waals surface area contributed by atoms with Crippen LogP contribution < -0.4 is 5.32 Å². The van der Waals surface area contributed by atoms with Gasteiger partial charge in [0.25, 0.3) is 0 Å². The predicted molar refractivity (Wildman–Crippen MR) is 70.7 cm³/mol. The number of imidazole rings is 1.